The molecule has 1 N–H and O–H groups in total. The number of rotatable bonds is 12. The lowest BCUT2D eigenvalue weighted by atomic mass is 10.0. The number of carbonyl (C=O) groups is 1. The molecule has 4 rings (SSSR count). The minimum Gasteiger partial charge on any atom is -0.481 e. The van der Waals surface area contributed by atoms with Crippen molar-refractivity contribution in [2.45, 2.75) is 51.5 Å². The van der Waals surface area contributed by atoms with E-state index in [9.17, 15) is 9.59 Å². The Bertz CT molecular complexity index is 1280. The van der Waals surface area contributed by atoms with Crippen molar-refractivity contribution < 1.29 is 9.90 Å². The lowest BCUT2D eigenvalue weighted by Gasteiger charge is -2.12. The van der Waals surface area contributed by atoms with Crippen LogP contribution in [0.2, 0.25) is 0 Å². The van der Waals surface area contributed by atoms with Crippen LogP contribution in [-0.4, -0.2) is 20.2 Å². The standard InChI is InChI=1S/C30H32N2O3/c33-27(34)22-14-3-1-2-4-15-23-31-28(24-16-8-5-9-17-24)29(25-18-10-6-11-19-25)32(30(31)35)26-20-12-7-13-21-26/h5-13,16-21H,1-4,14-15,22-23H2,(H,33,34). The van der Waals surface area contributed by atoms with Gasteiger partial charge in [0.05, 0.1) is 17.1 Å². The summed E-state index contributed by atoms with van der Waals surface area (Å²) in [5.74, 6) is -0.727. The fraction of sp³-hybridized carbons (Fsp3) is 0.267. The van der Waals surface area contributed by atoms with E-state index in [1.165, 1.54) is 0 Å². The molecule has 0 aliphatic heterocycles. The molecule has 35 heavy (non-hydrogen) atoms. The summed E-state index contributed by atoms with van der Waals surface area (Å²) < 4.78 is 3.76. The lowest BCUT2D eigenvalue weighted by molar-refractivity contribution is -0.137. The summed E-state index contributed by atoms with van der Waals surface area (Å²) in [6, 6.07) is 30.1. The van der Waals surface area contributed by atoms with Crippen LogP contribution in [0.3, 0.4) is 0 Å². The van der Waals surface area contributed by atoms with Gasteiger partial charge in [-0.1, -0.05) is 105 Å². The van der Waals surface area contributed by atoms with Crippen LogP contribution in [-0.2, 0) is 11.3 Å². The van der Waals surface area contributed by atoms with E-state index in [-0.39, 0.29) is 12.1 Å². The molecule has 0 aliphatic carbocycles. The fourth-order valence-corrected chi connectivity index (χ4v) is 4.57. The van der Waals surface area contributed by atoms with Gasteiger partial charge in [-0.15, -0.1) is 0 Å². The highest BCUT2D eigenvalue weighted by atomic mass is 16.4. The molecule has 0 unspecified atom stereocenters. The van der Waals surface area contributed by atoms with Crippen molar-refractivity contribution >= 4 is 5.97 Å². The highest BCUT2D eigenvalue weighted by molar-refractivity contribution is 5.80. The van der Waals surface area contributed by atoms with Crippen LogP contribution in [0.4, 0.5) is 0 Å². The Kier molecular flexibility index (Phi) is 8.34. The van der Waals surface area contributed by atoms with Crippen LogP contribution in [0.5, 0.6) is 0 Å². The Hall–Kier alpha value is -3.86. The van der Waals surface area contributed by atoms with Gasteiger partial charge < -0.3 is 5.11 Å². The van der Waals surface area contributed by atoms with Crippen LogP contribution in [0.25, 0.3) is 28.2 Å². The predicted molar refractivity (Wildman–Crippen MR) is 141 cm³/mol. The molecule has 0 atom stereocenters. The summed E-state index contributed by atoms with van der Waals surface area (Å²) in [4.78, 5) is 24.6. The molecule has 0 saturated carbocycles. The second-order valence-corrected chi connectivity index (χ2v) is 8.80. The molecular weight excluding hydrogens is 436 g/mol. The van der Waals surface area contributed by atoms with Gasteiger partial charge in [0.25, 0.3) is 0 Å². The van der Waals surface area contributed by atoms with Crippen molar-refractivity contribution in [1.82, 2.24) is 9.13 Å². The maximum atomic E-state index is 13.9. The zero-order valence-electron chi connectivity index (χ0n) is 20.0. The van der Waals surface area contributed by atoms with Gasteiger partial charge in [-0.2, -0.15) is 0 Å². The monoisotopic (exact) mass is 468 g/mol. The van der Waals surface area contributed by atoms with E-state index in [1.54, 1.807) is 0 Å². The number of carboxylic acids is 1. The maximum absolute atomic E-state index is 13.9. The molecule has 3 aromatic carbocycles. The molecule has 4 aromatic rings. The zero-order chi connectivity index (χ0) is 24.5. The number of imidazole rings is 1. The predicted octanol–water partition coefficient (Wildman–Crippen LogP) is 6.79. The summed E-state index contributed by atoms with van der Waals surface area (Å²) >= 11 is 0. The van der Waals surface area contributed by atoms with Gasteiger partial charge in [0.15, 0.2) is 0 Å². The largest absolute Gasteiger partial charge is 0.481 e. The van der Waals surface area contributed by atoms with E-state index < -0.39 is 5.97 Å². The summed E-state index contributed by atoms with van der Waals surface area (Å²) in [5.41, 5.74) is 4.69. The number of aromatic nitrogens is 2. The molecule has 0 amide bonds. The summed E-state index contributed by atoms with van der Waals surface area (Å²) in [6.07, 6.45) is 5.87. The van der Waals surface area contributed by atoms with E-state index in [1.807, 2.05) is 75.9 Å². The second-order valence-electron chi connectivity index (χ2n) is 8.80. The third-order valence-electron chi connectivity index (χ3n) is 6.27. The summed E-state index contributed by atoms with van der Waals surface area (Å²) in [6.45, 7) is 0.637. The third-order valence-corrected chi connectivity index (χ3v) is 6.27. The molecule has 0 aliphatic rings. The number of hydrogen-bond donors (Lipinski definition) is 1. The first-order chi connectivity index (χ1) is 17.2. The molecule has 0 spiro atoms. The zero-order valence-corrected chi connectivity index (χ0v) is 20.0. The molecule has 0 bridgehead atoms. The minimum absolute atomic E-state index is 0.0321. The maximum Gasteiger partial charge on any atom is 0.333 e. The fourth-order valence-electron chi connectivity index (χ4n) is 4.57. The van der Waals surface area contributed by atoms with E-state index in [0.29, 0.717) is 6.54 Å². The van der Waals surface area contributed by atoms with Crippen LogP contribution in [0.1, 0.15) is 44.9 Å². The molecular formula is C30H32N2O3. The van der Waals surface area contributed by atoms with Crippen LogP contribution < -0.4 is 5.69 Å². The lowest BCUT2D eigenvalue weighted by Crippen LogP contribution is -2.24. The van der Waals surface area contributed by atoms with Crippen molar-refractivity contribution in [3.8, 4) is 28.2 Å². The Morgan fingerprint density at radius 2 is 1.11 bits per heavy atom. The number of benzene rings is 3. The van der Waals surface area contributed by atoms with Crippen LogP contribution in [0.15, 0.2) is 95.8 Å². The Morgan fingerprint density at radius 3 is 1.69 bits per heavy atom. The van der Waals surface area contributed by atoms with Gasteiger partial charge in [0, 0.05) is 24.1 Å². The number of aliphatic carboxylic acids is 1. The molecule has 180 valence electrons. The van der Waals surface area contributed by atoms with Crippen LogP contribution >= 0.6 is 0 Å². The van der Waals surface area contributed by atoms with Gasteiger partial charge in [-0.25, -0.2) is 4.79 Å². The van der Waals surface area contributed by atoms with Crippen LogP contribution in [0, 0.1) is 0 Å². The normalized spacial score (nSPS) is 11.0. The highest BCUT2D eigenvalue weighted by Crippen LogP contribution is 2.33. The molecule has 0 saturated heterocycles. The van der Waals surface area contributed by atoms with E-state index in [0.717, 1.165) is 66.7 Å². The van der Waals surface area contributed by atoms with Gasteiger partial charge in [-0.05, 0) is 25.0 Å². The minimum atomic E-state index is -0.727. The molecule has 5 heteroatoms. The number of unbranched alkanes of at least 4 members (excludes halogenated alkanes) is 5. The third kappa shape index (κ3) is 5.99. The molecule has 0 radical (unpaired) electrons. The average Bonchev–Trinajstić information content (AvgIpc) is 3.19. The van der Waals surface area contributed by atoms with E-state index in [2.05, 4.69) is 24.3 Å². The molecule has 0 fully saturated rings. The van der Waals surface area contributed by atoms with Crippen molar-refractivity contribution in [3.05, 3.63) is 101 Å². The first-order valence-electron chi connectivity index (χ1n) is 12.4. The van der Waals surface area contributed by atoms with Gasteiger partial charge >= 0.3 is 11.7 Å². The number of hydrogen-bond acceptors (Lipinski definition) is 2. The Labute approximate surface area is 206 Å². The van der Waals surface area contributed by atoms with Crippen molar-refractivity contribution in [2.24, 2.45) is 0 Å². The smallest absolute Gasteiger partial charge is 0.333 e. The average molecular weight is 469 g/mol. The van der Waals surface area contributed by atoms with Gasteiger partial charge in [0.2, 0.25) is 0 Å². The number of carboxylic acid groups (broad SMARTS) is 1. The van der Waals surface area contributed by atoms with Crippen molar-refractivity contribution in [3.63, 3.8) is 0 Å². The van der Waals surface area contributed by atoms with Crippen molar-refractivity contribution in [1.29, 1.82) is 0 Å². The van der Waals surface area contributed by atoms with E-state index in [4.69, 9.17) is 5.11 Å². The number of para-hydroxylation sites is 1. The molecule has 1 aromatic heterocycles. The quantitative estimate of drug-likeness (QED) is 0.233. The summed E-state index contributed by atoms with van der Waals surface area (Å²) in [7, 11) is 0. The topological polar surface area (TPSA) is 64.2 Å². The molecule has 5 nitrogen and oxygen atoms in total. The van der Waals surface area contributed by atoms with Gasteiger partial charge in [0.1, 0.15) is 0 Å². The Balaban J connectivity index is 1.68. The highest BCUT2D eigenvalue weighted by Gasteiger charge is 2.23. The van der Waals surface area contributed by atoms with E-state index >= 15 is 0 Å². The van der Waals surface area contributed by atoms with Crippen molar-refractivity contribution in [2.75, 3.05) is 0 Å². The summed E-state index contributed by atoms with van der Waals surface area (Å²) in [5, 5.41) is 8.78. The number of nitrogens with zero attached hydrogens (tertiary/aromatic N) is 2. The Morgan fingerprint density at radius 1 is 0.629 bits per heavy atom. The molecule has 1 heterocycles. The van der Waals surface area contributed by atoms with Gasteiger partial charge in [-0.3, -0.25) is 13.9 Å². The first kappa shape index (κ1) is 24.3. The SMILES string of the molecule is O=C(O)CCCCCCCCn1c(-c2ccccc2)c(-c2ccccc2)n(-c2ccccc2)c1=O. The second kappa shape index (κ2) is 12.0. The first-order valence-corrected chi connectivity index (χ1v) is 12.4.